The highest BCUT2D eigenvalue weighted by Gasteiger charge is 2.19. The molecule has 0 bridgehead atoms. The van der Waals surface area contributed by atoms with Gasteiger partial charge in [0.15, 0.2) is 5.82 Å². The molecular formula is C53H41N3S. The summed E-state index contributed by atoms with van der Waals surface area (Å²) in [6.45, 7) is 4.00. The van der Waals surface area contributed by atoms with E-state index in [1.807, 2.05) is 13.8 Å². The first kappa shape index (κ1) is 35.9. The summed E-state index contributed by atoms with van der Waals surface area (Å²) in [4.78, 5) is 15.8. The molecule has 0 amide bonds. The molecule has 0 unspecified atom stereocenters. The SMILES string of the molecule is C1=C(c2cc(-c3ccccc3)cc(-c3nc(-c4ccccc4)c4sc5ccccc5c4n3)c2)CCC(c2cc(-c3ccccc3)nc(-c3ccccc3)c2)=C1.CC. The number of hydrogen-bond donors (Lipinski definition) is 0. The summed E-state index contributed by atoms with van der Waals surface area (Å²) in [6.07, 6.45) is 6.45. The molecule has 57 heavy (non-hydrogen) atoms. The zero-order valence-electron chi connectivity index (χ0n) is 32.1. The smallest absolute Gasteiger partial charge is 0.160 e. The largest absolute Gasteiger partial charge is 0.248 e. The fourth-order valence-corrected chi connectivity index (χ4v) is 8.75. The van der Waals surface area contributed by atoms with Crippen LogP contribution in [0.5, 0.6) is 0 Å². The molecule has 0 atom stereocenters. The van der Waals surface area contributed by atoms with Gasteiger partial charge in [-0.1, -0.05) is 166 Å². The van der Waals surface area contributed by atoms with Gasteiger partial charge in [-0.05, 0) is 82.6 Å². The molecule has 0 fully saturated rings. The fraction of sp³-hybridized carbons (Fsp3) is 0.0755. The van der Waals surface area contributed by atoms with Crippen LogP contribution in [-0.2, 0) is 0 Å². The Morgan fingerprint density at radius 1 is 0.404 bits per heavy atom. The number of benzene rings is 6. The minimum atomic E-state index is 0.736. The van der Waals surface area contributed by atoms with Crippen molar-refractivity contribution in [1.82, 2.24) is 15.0 Å². The van der Waals surface area contributed by atoms with Crippen molar-refractivity contribution in [2.75, 3.05) is 0 Å². The number of allylic oxidation sites excluding steroid dienone is 4. The number of pyridine rings is 1. The maximum Gasteiger partial charge on any atom is 0.160 e. The zero-order valence-corrected chi connectivity index (χ0v) is 32.9. The van der Waals surface area contributed by atoms with Crippen LogP contribution in [0.1, 0.15) is 37.8 Å². The van der Waals surface area contributed by atoms with Gasteiger partial charge in [-0.15, -0.1) is 11.3 Å². The fourth-order valence-electron chi connectivity index (χ4n) is 7.60. The third kappa shape index (κ3) is 7.36. The van der Waals surface area contributed by atoms with Crippen LogP contribution >= 0.6 is 11.3 Å². The Hall–Kier alpha value is -6.75. The standard InChI is InChI=1S/C51H35N3S.C2H6/c1-5-15-34(16-6-1)40-29-41(31-43(30-40)51-53-48(39-21-11-4-12-22-39)50-49(54-51)44-23-13-14-24-47(44)55-50)35-25-27-36(28-26-35)42-32-45(37-17-7-2-8-18-37)52-46(33-42)38-19-9-3-10-20-38;1-2/h1-25,27,29-33H,26,28H2;1-2H3. The Bertz CT molecular complexity index is 2840. The van der Waals surface area contributed by atoms with E-state index < -0.39 is 0 Å². The van der Waals surface area contributed by atoms with E-state index >= 15 is 0 Å². The molecule has 274 valence electrons. The number of fused-ring (bicyclic) bond motifs is 3. The monoisotopic (exact) mass is 751 g/mol. The Labute approximate surface area is 338 Å². The van der Waals surface area contributed by atoms with Crippen molar-refractivity contribution in [1.29, 1.82) is 0 Å². The molecule has 1 aliphatic rings. The molecule has 10 rings (SSSR count). The van der Waals surface area contributed by atoms with E-state index in [-0.39, 0.29) is 0 Å². The molecule has 4 heteroatoms. The predicted molar refractivity (Wildman–Crippen MR) is 243 cm³/mol. The molecule has 0 aliphatic heterocycles. The Morgan fingerprint density at radius 2 is 0.877 bits per heavy atom. The van der Waals surface area contributed by atoms with Crippen LogP contribution < -0.4 is 0 Å². The van der Waals surface area contributed by atoms with E-state index in [0.717, 1.165) is 79.2 Å². The van der Waals surface area contributed by atoms with E-state index in [2.05, 4.69) is 188 Å². The van der Waals surface area contributed by atoms with Crippen molar-refractivity contribution < 1.29 is 0 Å². The molecule has 9 aromatic rings. The summed E-state index contributed by atoms with van der Waals surface area (Å²) in [5, 5.41) is 1.16. The van der Waals surface area contributed by atoms with Gasteiger partial charge in [0.25, 0.3) is 0 Å². The lowest BCUT2D eigenvalue weighted by atomic mass is 9.87. The van der Waals surface area contributed by atoms with E-state index in [1.165, 1.54) is 32.5 Å². The van der Waals surface area contributed by atoms with Crippen molar-refractivity contribution in [2.45, 2.75) is 26.7 Å². The summed E-state index contributed by atoms with van der Waals surface area (Å²) in [7, 11) is 0. The summed E-state index contributed by atoms with van der Waals surface area (Å²) in [5.74, 6) is 0.736. The Kier molecular flexibility index (Phi) is 10.2. The van der Waals surface area contributed by atoms with Crippen LogP contribution in [0.2, 0.25) is 0 Å². The lowest BCUT2D eigenvalue weighted by molar-refractivity contribution is 1.07. The van der Waals surface area contributed by atoms with Crippen molar-refractivity contribution in [3.8, 4) is 56.3 Å². The van der Waals surface area contributed by atoms with Gasteiger partial charge in [-0.25, -0.2) is 15.0 Å². The molecule has 3 nitrogen and oxygen atoms in total. The van der Waals surface area contributed by atoms with Crippen molar-refractivity contribution in [3.05, 3.63) is 199 Å². The van der Waals surface area contributed by atoms with E-state index in [0.29, 0.717) is 0 Å². The van der Waals surface area contributed by atoms with Crippen LogP contribution in [-0.4, -0.2) is 15.0 Å². The number of rotatable bonds is 7. The summed E-state index contributed by atoms with van der Waals surface area (Å²) in [5.41, 5.74) is 15.6. The van der Waals surface area contributed by atoms with Crippen molar-refractivity contribution in [2.24, 2.45) is 0 Å². The molecule has 6 aromatic carbocycles. The number of hydrogen-bond acceptors (Lipinski definition) is 4. The maximum absolute atomic E-state index is 5.34. The van der Waals surface area contributed by atoms with Gasteiger partial charge >= 0.3 is 0 Å². The van der Waals surface area contributed by atoms with E-state index in [9.17, 15) is 0 Å². The Balaban J connectivity index is 0.00000208. The lowest BCUT2D eigenvalue weighted by Crippen LogP contribution is -1.99. The number of aromatic nitrogens is 3. The molecule has 0 saturated carbocycles. The van der Waals surface area contributed by atoms with Crippen LogP contribution in [0.3, 0.4) is 0 Å². The maximum atomic E-state index is 5.34. The highest BCUT2D eigenvalue weighted by molar-refractivity contribution is 7.26. The van der Waals surface area contributed by atoms with Gasteiger partial charge in [-0.2, -0.15) is 0 Å². The van der Waals surface area contributed by atoms with Gasteiger partial charge in [0.2, 0.25) is 0 Å². The van der Waals surface area contributed by atoms with Gasteiger partial charge < -0.3 is 0 Å². The van der Waals surface area contributed by atoms with Crippen LogP contribution in [0.15, 0.2) is 188 Å². The topological polar surface area (TPSA) is 38.7 Å². The molecule has 1 aliphatic carbocycles. The second-order valence-electron chi connectivity index (χ2n) is 13.9. The van der Waals surface area contributed by atoms with Crippen LogP contribution in [0, 0.1) is 0 Å². The molecule has 0 N–H and O–H groups in total. The average Bonchev–Trinajstić information content (AvgIpc) is 3.69. The minimum absolute atomic E-state index is 0.736. The second-order valence-corrected chi connectivity index (χ2v) is 15.0. The number of nitrogens with zero attached hydrogens (tertiary/aromatic N) is 3. The molecular weight excluding hydrogens is 711 g/mol. The quantitative estimate of drug-likeness (QED) is 0.163. The second kappa shape index (κ2) is 16.2. The van der Waals surface area contributed by atoms with E-state index in [4.69, 9.17) is 15.0 Å². The van der Waals surface area contributed by atoms with Crippen LogP contribution in [0.25, 0.3) is 87.7 Å². The molecule has 0 radical (unpaired) electrons. The van der Waals surface area contributed by atoms with Gasteiger partial charge in [-0.3, -0.25) is 0 Å². The van der Waals surface area contributed by atoms with Crippen molar-refractivity contribution in [3.63, 3.8) is 0 Å². The summed E-state index contributed by atoms with van der Waals surface area (Å²) >= 11 is 1.77. The Morgan fingerprint density at radius 3 is 1.46 bits per heavy atom. The first-order valence-corrected chi connectivity index (χ1v) is 20.5. The predicted octanol–water partition coefficient (Wildman–Crippen LogP) is 14.9. The summed E-state index contributed by atoms with van der Waals surface area (Å²) < 4.78 is 2.33. The first-order valence-electron chi connectivity index (χ1n) is 19.7. The van der Waals surface area contributed by atoms with Crippen molar-refractivity contribution >= 4 is 42.8 Å². The van der Waals surface area contributed by atoms with Crippen LogP contribution in [0.4, 0.5) is 0 Å². The zero-order chi connectivity index (χ0) is 38.6. The minimum Gasteiger partial charge on any atom is -0.248 e. The highest BCUT2D eigenvalue weighted by Crippen LogP contribution is 2.41. The third-order valence-electron chi connectivity index (χ3n) is 10.4. The van der Waals surface area contributed by atoms with Gasteiger partial charge in [0.1, 0.15) is 0 Å². The number of thiophene rings is 1. The molecule has 3 heterocycles. The summed E-state index contributed by atoms with van der Waals surface area (Å²) in [6, 6.07) is 62.0. The highest BCUT2D eigenvalue weighted by atomic mass is 32.1. The molecule has 0 spiro atoms. The normalized spacial score (nSPS) is 12.5. The molecule has 3 aromatic heterocycles. The lowest BCUT2D eigenvalue weighted by Gasteiger charge is -2.19. The average molecular weight is 752 g/mol. The molecule has 0 saturated heterocycles. The van der Waals surface area contributed by atoms with E-state index in [1.54, 1.807) is 11.3 Å². The van der Waals surface area contributed by atoms with Gasteiger partial charge in [0.05, 0.1) is 27.3 Å². The third-order valence-corrected chi connectivity index (χ3v) is 11.6. The first-order chi connectivity index (χ1) is 28.2. The van der Waals surface area contributed by atoms with Gasteiger partial charge in [0, 0.05) is 32.3 Å².